The van der Waals surface area contributed by atoms with Crippen molar-refractivity contribution in [3.05, 3.63) is 29.3 Å². The fourth-order valence-electron chi connectivity index (χ4n) is 5.94. The third kappa shape index (κ3) is 7.02. The van der Waals surface area contributed by atoms with Gasteiger partial charge in [-0.2, -0.15) is 0 Å². The average Bonchev–Trinajstić information content (AvgIpc) is 3.64. The van der Waals surface area contributed by atoms with Gasteiger partial charge in [-0.1, -0.05) is 25.5 Å². The van der Waals surface area contributed by atoms with Gasteiger partial charge in [0.05, 0.1) is 32.3 Å². The van der Waals surface area contributed by atoms with Gasteiger partial charge in [-0.3, -0.25) is 14.5 Å². The standard InChI is InChI=1S/C28H43N3O6/c1-2-3-12-30(13-5-4-11-29)25(32)19-31-18-22(20-6-8-24-21(17-20)10-14-35-24)27(28(33)34)23(31)7-9-26-36-15-16-37-26/h6,8,17,22-23,26-27H,2-5,7,9-16,18-19,29H2,1H3,(H,33,34)/t22-,23+,27-/m1/s1. The summed E-state index contributed by atoms with van der Waals surface area (Å²) in [5.41, 5.74) is 7.82. The lowest BCUT2D eigenvalue weighted by Crippen LogP contribution is -2.45. The molecule has 2 fully saturated rings. The van der Waals surface area contributed by atoms with Crippen LogP contribution in [0.4, 0.5) is 0 Å². The van der Waals surface area contributed by atoms with Crippen molar-refractivity contribution in [1.82, 2.24) is 9.80 Å². The number of unbranched alkanes of at least 4 members (excludes halogenated alkanes) is 2. The lowest BCUT2D eigenvalue weighted by atomic mass is 9.83. The molecule has 0 unspecified atom stereocenters. The molecule has 3 N–H and O–H groups in total. The molecule has 3 aliphatic heterocycles. The second kappa shape index (κ2) is 13.6. The monoisotopic (exact) mass is 517 g/mol. The number of carboxylic acids is 1. The molecule has 0 aromatic heterocycles. The molecule has 2 saturated heterocycles. The van der Waals surface area contributed by atoms with Crippen molar-refractivity contribution >= 4 is 11.9 Å². The van der Waals surface area contributed by atoms with Gasteiger partial charge in [-0.15, -0.1) is 0 Å². The maximum Gasteiger partial charge on any atom is 0.308 e. The molecule has 0 saturated carbocycles. The summed E-state index contributed by atoms with van der Waals surface area (Å²) in [4.78, 5) is 30.2. The molecule has 0 aliphatic carbocycles. The number of nitrogens with zero attached hydrogens (tertiary/aromatic N) is 2. The number of rotatable bonds is 14. The second-order valence-electron chi connectivity index (χ2n) is 10.4. The largest absolute Gasteiger partial charge is 0.493 e. The Morgan fingerprint density at radius 1 is 1.11 bits per heavy atom. The summed E-state index contributed by atoms with van der Waals surface area (Å²) in [5.74, 6) is -0.683. The molecule has 3 heterocycles. The van der Waals surface area contributed by atoms with Gasteiger partial charge in [0.15, 0.2) is 6.29 Å². The van der Waals surface area contributed by atoms with E-state index in [0.29, 0.717) is 52.3 Å². The number of nitrogens with two attached hydrogens (primary N) is 1. The van der Waals surface area contributed by atoms with Crippen LogP contribution in [0.25, 0.3) is 0 Å². The van der Waals surface area contributed by atoms with E-state index in [1.807, 2.05) is 17.0 Å². The molecule has 1 aromatic carbocycles. The number of hydrogen-bond acceptors (Lipinski definition) is 7. The number of aliphatic carboxylic acids is 1. The van der Waals surface area contributed by atoms with E-state index in [9.17, 15) is 14.7 Å². The highest BCUT2D eigenvalue weighted by Crippen LogP contribution is 2.41. The summed E-state index contributed by atoms with van der Waals surface area (Å²) in [6.45, 7) is 6.69. The van der Waals surface area contributed by atoms with E-state index < -0.39 is 11.9 Å². The maximum absolute atomic E-state index is 13.5. The zero-order chi connectivity index (χ0) is 26.2. The Hall–Kier alpha value is -2.20. The van der Waals surface area contributed by atoms with Crippen LogP contribution in [0.5, 0.6) is 5.75 Å². The minimum absolute atomic E-state index is 0.0657. The Balaban J connectivity index is 1.54. The van der Waals surface area contributed by atoms with Crippen LogP contribution in [0.15, 0.2) is 18.2 Å². The quantitative estimate of drug-likeness (QED) is 0.362. The minimum atomic E-state index is -0.819. The van der Waals surface area contributed by atoms with Gasteiger partial charge in [-0.25, -0.2) is 0 Å². The summed E-state index contributed by atoms with van der Waals surface area (Å²) in [5, 5.41) is 10.4. The van der Waals surface area contributed by atoms with Crippen molar-refractivity contribution in [2.45, 2.75) is 70.1 Å². The van der Waals surface area contributed by atoms with E-state index in [4.69, 9.17) is 19.9 Å². The van der Waals surface area contributed by atoms with Crippen molar-refractivity contribution in [2.75, 3.05) is 52.5 Å². The Labute approximate surface area is 220 Å². The molecule has 1 amide bonds. The van der Waals surface area contributed by atoms with Crippen LogP contribution in [0.2, 0.25) is 0 Å². The fraction of sp³-hybridized carbons (Fsp3) is 0.714. The number of ether oxygens (including phenoxy) is 3. The normalized spacial score (nSPS) is 23.8. The number of amides is 1. The van der Waals surface area contributed by atoms with Crippen LogP contribution in [-0.2, 0) is 25.5 Å². The zero-order valence-corrected chi connectivity index (χ0v) is 22.1. The van der Waals surface area contributed by atoms with Gasteiger partial charge in [0.1, 0.15) is 5.75 Å². The van der Waals surface area contributed by atoms with Crippen LogP contribution in [0, 0.1) is 5.92 Å². The molecule has 1 aromatic rings. The van der Waals surface area contributed by atoms with Crippen LogP contribution < -0.4 is 10.5 Å². The van der Waals surface area contributed by atoms with Crippen LogP contribution >= 0.6 is 0 Å². The van der Waals surface area contributed by atoms with E-state index >= 15 is 0 Å². The van der Waals surface area contributed by atoms with Gasteiger partial charge < -0.3 is 30.0 Å². The molecule has 9 heteroatoms. The molecular formula is C28H43N3O6. The predicted molar refractivity (Wildman–Crippen MR) is 140 cm³/mol. The first-order chi connectivity index (χ1) is 18.0. The van der Waals surface area contributed by atoms with Crippen molar-refractivity contribution in [3.8, 4) is 5.75 Å². The zero-order valence-electron chi connectivity index (χ0n) is 22.1. The Kier molecular flexibility index (Phi) is 10.2. The SMILES string of the molecule is CCCCN(CCCCN)C(=O)CN1C[C@H](c2ccc3c(c2)CCO3)[C@@H](C(=O)O)[C@@H]1CCC1OCCO1. The first-order valence-corrected chi connectivity index (χ1v) is 13.9. The van der Waals surface area contributed by atoms with Gasteiger partial charge in [0, 0.05) is 38.0 Å². The number of hydrogen-bond donors (Lipinski definition) is 2. The second-order valence-corrected chi connectivity index (χ2v) is 10.4. The number of carboxylic acid groups (broad SMARTS) is 1. The Bertz CT molecular complexity index is 906. The summed E-state index contributed by atoms with van der Waals surface area (Å²) >= 11 is 0. The molecule has 4 rings (SSSR count). The molecule has 37 heavy (non-hydrogen) atoms. The number of likely N-dealkylation sites (tertiary alicyclic amines) is 1. The third-order valence-corrected chi connectivity index (χ3v) is 7.92. The lowest BCUT2D eigenvalue weighted by Gasteiger charge is -2.30. The van der Waals surface area contributed by atoms with Gasteiger partial charge in [0.25, 0.3) is 0 Å². The van der Waals surface area contributed by atoms with Gasteiger partial charge >= 0.3 is 5.97 Å². The fourth-order valence-corrected chi connectivity index (χ4v) is 5.94. The Morgan fingerprint density at radius 2 is 1.89 bits per heavy atom. The lowest BCUT2D eigenvalue weighted by molar-refractivity contribution is -0.144. The van der Waals surface area contributed by atoms with Gasteiger partial charge in [0.2, 0.25) is 5.91 Å². The minimum Gasteiger partial charge on any atom is -0.493 e. The summed E-state index contributed by atoms with van der Waals surface area (Å²) in [7, 11) is 0. The number of carbonyl (C=O) groups excluding carboxylic acids is 1. The molecule has 3 atom stereocenters. The van der Waals surface area contributed by atoms with Crippen molar-refractivity contribution in [3.63, 3.8) is 0 Å². The highest BCUT2D eigenvalue weighted by molar-refractivity contribution is 5.79. The summed E-state index contributed by atoms with van der Waals surface area (Å²) in [6, 6.07) is 5.79. The molecule has 0 bridgehead atoms. The van der Waals surface area contributed by atoms with Crippen LogP contribution in [0.3, 0.4) is 0 Å². The first kappa shape index (κ1) is 27.8. The van der Waals surface area contributed by atoms with Crippen molar-refractivity contribution in [2.24, 2.45) is 11.7 Å². The maximum atomic E-state index is 13.5. The third-order valence-electron chi connectivity index (χ3n) is 7.92. The predicted octanol–water partition coefficient (Wildman–Crippen LogP) is 2.61. The van der Waals surface area contributed by atoms with Crippen LogP contribution in [0.1, 0.15) is 62.5 Å². The Morgan fingerprint density at radius 3 is 2.62 bits per heavy atom. The molecule has 0 radical (unpaired) electrons. The van der Waals surface area contributed by atoms with Crippen LogP contribution in [-0.4, -0.2) is 91.7 Å². The smallest absolute Gasteiger partial charge is 0.308 e. The molecule has 206 valence electrons. The van der Waals surface area contributed by atoms with E-state index in [-0.39, 0.29) is 30.7 Å². The summed E-state index contributed by atoms with van der Waals surface area (Å²) < 4.78 is 16.9. The topological polar surface area (TPSA) is 115 Å². The molecular weight excluding hydrogens is 474 g/mol. The molecule has 0 spiro atoms. The average molecular weight is 518 g/mol. The number of carbonyl (C=O) groups is 2. The number of fused-ring (bicyclic) bond motifs is 1. The highest BCUT2D eigenvalue weighted by atomic mass is 16.7. The highest BCUT2D eigenvalue weighted by Gasteiger charge is 2.47. The molecule has 3 aliphatic rings. The first-order valence-electron chi connectivity index (χ1n) is 13.9. The summed E-state index contributed by atoms with van der Waals surface area (Å²) in [6.07, 6.45) is 5.47. The van der Waals surface area contributed by atoms with E-state index in [1.165, 1.54) is 0 Å². The van der Waals surface area contributed by atoms with Gasteiger partial charge in [-0.05, 0) is 55.8 Å². The van der Waals surface area contributed by atoms with Crippen molar-refractivity contribution in [1.29, 1.82) is 0 Å². The van der Waals surface area contributed by atoms with E-state index in [2.05, 4.69) is 17.9 Å². The van der Waals surface area contributed by atoms with E-state index in [1.54, 1.807) is 0 Å². The molecule has 9 nitrogen and oxygen atoms in total. The van der Waals surface area contributed by atoms with E-state index in [0.717, 1.165) is 55.5 Å². The number of benzene rings is 1. The van der Waals surface area contributed by atoms with Crippen molar-refractivity contribution < 1.29 is 28.9 Å².